The Morgan fingerprint density at radius 1 is 1.40 bits per heavy atom. The third-order valence-electron chi connectivity index (χ3n) is 3.63. The second-order valence-electron chi connectivity index (χ2n) is 5.72. The maximum Gasteiger partial charge on any atom is 0.326 e. The van der Waals surface area contributed by atoms with Gasteiger partial charge in [0.15, 0.2) is 0 Å². The molecule has 1 aliphatic rings. The van der Waals surface area contributed by atoms with Gasteiger partial charge in [-0.3, -0.25) is 0 Å². The summed E-state index contributed by atoms with van der Waals surface area (Å²) in [5.41, 5.74) is 0. The van der Waals surface area contributed by atoms with Crippen LogP contribution in [0.2, 0.25) is 0 Å². The van der Waals surface area contributed by atoms with Gasteiger partial charge in [-0.2, -0.15) is 0 Å². The van der Waals surface area contributed by atoms with Crippen LogP contribution in [0.3, 0.4) is 0 Å². The minimum absolute atomic E-state index is 0.192. The standard InChI is InChI=1S/C14H26N2O4/c1-10(2)6-4-5-7-15-14(19)16-9-11(20-3)8-12(16)13(17)18/h10-12H,4-9H2,1-3H3,(H,15,19)(H,17,18). The number of hydrogen-bond donors (Lipinski definition) is 2. The first-order valence-electron chi connectivity index (χ1n) is 7.25. The second kappa shape index (κ2) is 8.09. The summed E-state index contributed by atoms with van der Waals surface area (Å²) in [6.45, 7) is 5.27. The Labute approximate surface area is 120 Å². The number of unbranched alkanes of at least 4 members (excludes halogenated alkanes) is 1. The quantitative estimate of drug-likeness (QED) is 0.698. The van der Waals surface area contributed by atoms with Gasteiger partial charge in [0.2, 0.25) is 0 Å². The topological polar surface area (TPSA) is 78.9 Å². The monoisotopic (exact) mass is 286 g/mol. The highest BCUT2D eigenvalue weighted by molar-refractivity contribution is 5.83. The lowest BCUT2D eigenvalue weighted by atomic mass is 10.1. The summed E-state index contributed by atoms with van der Waals surface area (Å²) in [5, 5.41) is 11.9. The fourth-order valence-corrected chi connectivity index (χ4v) is 2.40. The highest BCUT2D eigenvalue weighted by atomic mass is 16.5. The second-order valence-corrected chi connectivity index (χ2v) is 5.72. The average Bonchev–Trinajstić information content (AvgIpc) is 2.82. The third kappa shape index (κ3) is 5.00. The molecule has 0 aromatic carbocycles. The number of carbonyl (C=O) groups is 2. The van der Waals surface area contributed by atoms with E-state index in [0.717, 1.165) is 19.3 Å². The first-order valence-corrected chi connectivity index (χ1v) is 7.25. The summed E-state index contributed by atoms with van der Waals surface area (Å²) in [6, 6.07) is -1.09. The molecule has 0 bridgehead atoms. The van der Waals surface area contributed by atoms with E-state index in [1.165, 1.54) is 12.0 Å². The number of nitrogens with zero attached hydrogens (tertiary/aromatic N) is 1. The van der Waals surface area contributed by atoms with Gasteiger partial charge >= 0.3 is 12.0 Å². The van der Waals surface area contributed by atoms with Gasteiger partial charge in [-0.05, 0) is 12.3 Å². The van der Waals surface area contributed by atoms with Crippen LogP contribution < -0.4 is 5.32 Å². The molecule has 0 saturated carbocycles. The number of ether oxygens (including phenoxy) is 1. The Balaban J connectivity index is 2.35. The highest BCUT2D eigenvalue weighted by Gasteiger charge is 2.39. The Hall–Kier alpha value is -1.30. The summed E-state index contributed by atoms with van der Waals surface area (Å²) in [5.74, 6) is -0.303. The number of carbonyl (C=O) groups excluding carboxylic acids is 1. The van der Waals surface area contributed by atoms with Gasteiger partial charge in [0, 0.05) is 26.6 Å². The minimum Gasteiger partial charge on any atom is -0.480 e. The number of hydrogen-bond acceptors (Lipinski definition) is 3. The van der Waals surface area contributed by atoms with E-state index < -0.39 is 12.0 Å². The first-order chi connectivity index (χ1) is 9.45. The predicted octanol–water partition coefficient (Wildman–Crippen LogP) is 1.70. The fourth-order valence-electron chi connectivity index (χ4n) is 2.40. The molecule has 6 heteroatoms. The molecular weight excluding hydrogens is 260 g/mol. The summed E-state index contributed by atoms with van der Waals surface area (Å²) >= 11 is 0. The molecule has 0 aromatic heterocycles. The number of urea groups is 1. The molecule has 2 N–H and O–H groups in total. The molecule has 0 aliphatic carbocycles. The number of carboxylic acids is 1. The van der Waals surface area contributed by atoms with E-state index in [2.05, 4.69) is 19.2 Å². The van der Waals surface area contributed by atoms with Crippen LogP contribution in [0.15, 0.2) is 0 Å². The van der Waals surface area contributed by atoms with Gasteiger partial charge in [-0.15, -0.1) is 0 Å². The average molecular weight is 286 g/mol. The Morgan fingerprint density at radius 2 is 2.10 bits per heavy atom. The van der Waals surface area contributed by atoms with Crippen LogP contribution >= 0.6 is 0 Å². The van der Waals surface area contributed by atoms with Gasteiger partial charge in [0.1, 0.15) is 6.04 Å². The van der Waals surface area contributed by atoms with Crippen molar-refractivity contribution in [3.63, 3.8) is 0 Å². The highest BCUT2D eigenvalue weighted by Crippen LogP contribution is 2.20. The zero-order valence-corrected chi connectivity index (χ0v) is 12.6. The van der Waals surface area contributed by atoms with E-state index in [1.807, 2.05) is 0 Å². The van der Waals surface area contributed by atoms with Crippen molar-refractivity contribution >= 4 is 12.0 Å². The maximum absolute atomic E-state index is 12.0. The molecule has 1 saturated heterocycles. The van der Waals surface area contributed by atoms with Crippen molar-refractivity contribution in [2.75, 3.05) is 20.2 Å². The van der Waals surface area contributed by atoms with Gasteiger partial charge in [0.05, 0.1) is 6.10 Å². The number of methoxy groups -OCH3 is 1. The zero-order valence-electron chi connectivity index (χ0n) is 12.6. The largest absolute Gasteiger partial charge is 0.480 e. The molecule has 1 rings (SSSR count). The molecule has 2 amide bonds. The predicted molar refractivity (Wildman–Crippen MR) is 75.6 cm³/mol. The van der Waals surface area contributed by atoms with E-state index >= 15 is 0 Å². The number of likely N-dealkylation sites (tertiary alicyclic amines) is 1. The van der Waals surface area contributed by atoms with Crippen molar-refractivity contribution in [1.82, 2.24) is 10.2 Å². The molecule has 0 radical (unpaired) electrons. The molecule has 116 valence electrons. The van der Waals surface area contributed by atoms with Crippen molar-refractivity contribution in [2.45, 2.75) is 51.7 Å². The molecule has 2 atom stereocenters. The minimum atomic E-state index is -0.973. The van der Waals surface area contributed by atoms with Crippen LogP contribution in [0.25, 0.3) is 0 Å². The first kappa shape index (κ1) is 16.8. The molecule has 2 unspecified atom stereocenters. The summed E-state index contributed by atoms with van der Waals surface area (Å²) in [6.07, 6.45) is 3.29. The number of nitrogens with one attached hydrogen (secondary N) is 1. The van der Waals surface area contributed by atoms with Gasteiger partial charge in [-0.1, -0.05) is 26.7 Å². The van der Waals surface area contributed by atoms with Crippen LogP contribution in [-0.2, 0) is 9.53 Å². The smallest absolute Gasteiger partial charge is 0.326 e. The van der Waals surface area contributed by atoms with Crippen molar-refractivity contribution in [1.29, 1.82) is 0 Å². The van der Waals surface area contributed by atoms with E-state index in [0.29, 0.717) is 25.4 Å². The maximum atomic E-state index is 12.0. The summed E-state index contributed by atoms with van der Waals surface area (Å²) in [4.78, 5) is 24.5. The van der Waals surface area contributed by atoms with Crippen molar-refractivity contribution in [2.24, 2.45) is 5.92 Å². The molecule has 1 aliphatic heterocycles. The van der Waals surface area contributed by atoms with E-state index in [-0.39, 0.29) is 12.1 Å². The SMILES string of the molecule is COC1CC(C(=O)O)N(C(=O)NCCCCC(C)C)C1. The number of carboxylic acid groups (broad SMARTS) is 1. The molecule has 0 spiro atoms. The van der Waals surface area contributed by atoms with Gasteiger partial charge in [-0.25, -0.2) is 9.59 Å². The Morgan fingerprint density at radius 3 is 2.65 bits per heavy atom. The fraction of sp³-hybridized carbons (Fsp3) is 0.857. The third-order valence-corrected chi connectivity index (χ3v) is 3.63. The van der Waals surface area contributed by atoms with E-state index in [1.54, 1.807) is 0 Å². The van der Waals surface area contributed by atoms with Crippen LogP contribution in [0.4, 0.5) is 4.79 Å². The van der Waals surface area contributed by atoms with Crippen molar-refractivity contribution in [3.8, 4) is 0 Å². The van der Waals surface area contributed by atoms with E-state index in [9.17, 15) is 9.59 Å². The lowest BCUT2D eigenvalue weighted by Gasteiger charge is -2.21. The molecule has 0 aromatic rings. The van der Waals surface area contributed by atoms with Crippen LogP contribution in [0.1, 0.15) is 39.5 Å². The van der Waals surface area contributed by atoms with E-state index in [4.69, 9.17) is 9.84 Å². The van der Waals surface area contributed by atoms with Gasteiger partial charge < -0.3 is 20.1 Å². The summed E-state index contributed by atoms with van der Waals surface area (Å²) < 4.78 is 5.16. The molecule has 1 fully saturated rings. The molecule has 20 heavy (non-hydrogen) atoms. The molecule has 1 heterocycles. The number of amides is 2. The normalized spacial score (nSPS) is 22.3. The van der Waals surface area contributed by atoms with Crippen LogP contribution in [-0.4, -0.2) is 54.4 Å². The lowest BCUT2D eigenvalue weighted by molar-refractivity contribution is -0.141. The number of rotatable bonds is 7. The van der Waals surface area contributed by atoms with Crippen LogP contribution in [0.5, 0.6) is 0 Å². The summed E-state index contributed by atoms with van der Waals surface area (Å²) in [7, 11) is 1.54. The molecular formula is C14H26N2O4. The number of aliphatic carboxylic acids is 1. The molecule has 6 nitrogen and oxygen atoms in total. The Bertz CT molecular complexity index is 333. The van der Waals surface area contributed by atoms with Crippen LogP contribution in [0, 0.1) is 5.92 Å². The van der Waals surface area contributed by atoms with Gasteiger partial charge in [0.25, 0.3) is 0 Å². The zero-order chi connectivity index (χ0) is 15.1. The Kier molecular flexibility index (Phi) is 6.78. The van der Waals surface area contributed by atoms with Crippen molar-refractivity contribution < 1.29 is 19.4 Å². The van der Waals surface area contributed by atoms with Crippen molar-refractivity contribution in [3.05, 3.63) is 0 Å². The lowest BCUT2D eigenvalue weighted by Crippen LogP contribution is -2.46.